The second-order valence-corrected chi connectivity index (χ2v) is 3.95. The Kier molecular flexibility index (Phi) is 3.36. The van der Waals surface area contributed by atoms with Gasteiger partial charge in [-0.1, -0.05) is 18.5 Å². The van der Waals surface area contributed by atoms with Crippen molar-refractivity contribution in [1.82, 2.24) is 20.4 Å². The third-order valence-electron chi connectivity index (χ3n) is 2.60. The van der Waals surface area contributed by atoms with E-state index in [0.29, 0.717) is 12.2 Å². The number of carbonyl (C=O) groups excluding carboxylic acids is 2. The van der Waals surface area contributed by atoms with Gasteiger partial charge in [-0.25, -0.2) is 0 Å². The molecule has 1 fully saturated rings. The van der Waals surface area contributed by atoms with Crippen LogP contribution in [0.25, 0.3) is 0 Å². The summed E-state index contributed by atoms with van der Waals surface area (Å²) < 4.78 is 4.59. The van der Waals surface area contributed by atoms with E-state index in [9.17, 15) is 9.59 Å². The first-order chi connectivity index (χ1) is 8.20. The number of amides is 2. The van der Waals surface area contributed by atoms with Gasteiger partial charge < -0.3 is 14.7 Å². The van der Waals surface area contributed by atoms with Crippen molar-refractivity contribution in [1.29, 1.82) is 0 Å². The monoisotopic (exact) mass is 238 g/mol. The summed E-state index contributed by atoms with van der Waals surface area (Å²) >= 11 is 0. The zero-order valence-corrected chi connectivity index (χ0v) is 9.55. The lowest BCUT2D eigenvalue weighted by Gasteiger charge is -2.31. The molecule has 1 aliphatic heterocycles. The van der Waals surface area contributed by atoms with Gasteiger partial charge in [-0.3, -0.25) is 9.59 Å². The maximum Gasteiger partial charge on any atom is 0.246 e. The topological polar surface area (TPSA) is 88.3 Å². The van der Waals surface area contributed by atoms with E-state index in [1.165, 1.54) is 11.3 Å². The molecule has 1 N–H and O–H groups in total. The molecule has 1 aromatic heterocycles. The molecule has 1 aromatic rings. The zero-order valence-electron chi connectivity index (χ0n) is 9.55. The molecule has 7 nitrogen and oxygen atoms in total. The number of carbonyl (C=O) groups is 2. The van der Waals surface area contributed by atoms with Crippen molar-refractivity contribution in [3.63, 3.8) is 0 Å². The normalized spacial score (nSPS) is 20.5. The Bertz CT molecular complexity index is 404. The van der Waals surface area contributed by atoms with Crippen molar-refractivity contribution in [2.45, 2.75) is 32.4 Å². The first-order valence-electron chi connectivity index (χ1n) is 5.54. The number of hydrogen-bond acceptors (Lipinski definition) is 5. The highest BCUT2D eigenvalue weighted by Gasteiger charge is 2.32. The van der Waals surface area contributed by atoms with E-state index < -0.39 is 6.04 Å². The largest absolute Gasteiger partial charge is 0.343 e. The molecule has 0 aliphatic carbocycles. The van der Waals surface area contributed by atoms with Gasteiger partial charge in [0.1, 0.15) is 12.6 Å². The molecule has 0 radical (unpaired) electrons. The Morgan fingerprint density at radius 2 is 2.41 bits per heavy atom. The van der Waals surface area contributed by atoms with Gasteiger partial charge in [0, 0.05) is 0 Å². The van der Waals surface area contributed by atoms with Gasteiger partial charge in [-0.2, -0.15) is 4.98 Å². The van der Waals surface area contributed by atoms with Crippen LogP contribution in [0.3, 0.4) is 0 Å². The minimum absolute atomic E-state index is 0.0492. The molecular formula is C10H14N4O3. The predicted octanol–water partition coefficient (Wildman–Crippen LogP) is -0.303. The summed E-state index contributed by atoms with van der Waals surface area (Å²) in [5.74, 6) is 0.172. The Morgan fingerprint density at radius 3 is 3.06 bits per heavy atom. The van der Waals surface area contributed by atoms with Gasteiger partial charge in [0.2, 0.25) is 18.2 Å². The molecule has 0 saturated carbocycles. The number of nitrogens with zero attached hydrogens (tertiary/aromatic N) is 3. The van der Waals surface area contributed by atoms with Gasteiger partial charge in [0.25, 0.3) is 0 Å². The Balaban J connectivity index is 2.05. The lowest BCUT2D eigenvalue weighted by molar-refractivity contribution is -0.145. The van der Waals surface area contributed by atoms with Crippen LogP contribution in [0.4, 0.5) is 0 Å². The van der Waals surface area contributed by atoms with Gasteiger partial charge in [0.15, 0.2) is 5.82 Å². The molecule has 0 aromatic carbocycles. The van der Waals surface area contributed by atoms with E-state index in [2.05, 4.69) is 20.0 Å². The molecule has 1 aliphatic rings. The first kappa shape index (κ1) is 11.6. The fourth-order valence-corrected chi connectivity index (χ4v) is 1.82. The molecule has 1 unspecified atom stereocenters. The van der Waals surface area contributed by atoms with Crippen LogP contribution in [0.1, 0.15) is 25.6 Å². The molecule has 17 heavy (non-hydrogen) atoms. The maximum absolute atomic E-state index is 12.0. The molecule has 7 heteroatoms. The quantitative estimate of drug-likeness (QED) is 0.777. The first-order valence-corrected chi connectivity index (χ1v) is 5.54. The predicted molar refractivity (Wildman–Crippen MR) is 56.6 cm³/mol. The fraction of sp³-hybridized carbons (Fsp3) is 0.600. The van der Waals surface area contributed by atoms with Crippen LogP contribution in [0.2, 0.25) is 0 Å². The maximum atomic E-state index is 12.0. The highest BCUT2D eigenvalue weighted by molar-refractivity contribution is 5.94. The lowest BCUT2D eigenvalue weighted by Crippen LogP contribution is -2.57. The molecule has 0 bridgehead atoms. The van der Waals surface area contributed by atoms with Crippen molar-refractivity contribution in [3.05, 3.63) is 12.2 Å². The summed E-state index contributed by atoms with van der Waals surface area (Å²) in [6, 6.07) is -0.423. The lowest BCUT2D eigenvalue weighted by atomic mass is 10.1. The average Bonchev–Trinajstić information content (AvgIpc) is 2.78. The van der Waals surface area contributed by atoms with E-state index in [1.807, 2.05) is 6.92 Å². The second-order valence-electron chi connectivity index (χ2n) is 3.95. The van der Waals surface area contributed by atoms with E-state index in [0.717, 1.165) is 6.42 Å². The number of piperazine rings is 1. The molecule has 0 spiro atoms. The molecular weight excluding hydrogens is 224 g/mol. The van der Waals surface area contributed by atoms with Crippen LogP contribution in [0.15, 0.2) is 10.9 Å². The minimum atomic E-state index is -0.423. The SMILES string of the molecule is CCCC1NC(=O)CN(Cc2ncon2)C1=O. The molecule has 2 heterocycles. The third-order valence-corrected chi connectivity index (χ3v) is 2.60. The second kappa shape index (κ2) is 4.94. The van der Waals surface area contributed by atoms with Crippen molar-refractivity contribution in [2.75, 3.05) is 6.54 Å². The van der Waals surface area contributed by atoms with E-state index in [-0.39, 0.29) is 24.9 Å². The molecule has 2 amide bonds. The van der Waals surface area contributed by atoms with Gasteiger partial charge >= 0.3 is 0 Å². The highest BCUT2D eigenvalue weighted by Crippen LogP contribution is 2.10. The minimum Gasteiger partial charge on any atom is -0.343 e. The summed E-state index contributed by atoms with van der Waals surface area (Å²) in [5.41, 5.74) is 0. The summed E-state index contributed by atoms with van der Waals surface area (Å²) in [7, 11) is 0. The molecule has 1 saturated heterocycles. The average molecular weight is 238 g/mol. The number of aromatic nitrogens is 2. The van der Waals surface area contributed by atoms with Gasteiger partial charge in [-0.05, 0) is 6.42 Å². The summed E-state index contributed by atoms with van der Waals surface area (Å²) in [4.78, 5) is 28.8. The van der Waals surface area contributed by atoms with Crippen LogP contribution in [-0.2, 0) is 16.1 Å². The van der Waals surface area contributed by atoms with Crippen molar-refractivity contribution in [2.24, 2.45) is 0 Å². The van der Waals surface area contributed by atoms with E-state index in [4.69, 9.17) is 0 Å². The van der Waals surface area contributed by atoms with Gasteiger partial charge in [-0.15, -0.1) is 0 Å². The van der Waals surface area contributed by atoms with Crippen LogP contribution in [0.5, 0.6) is 0 Å². The van der Waals surface area contributed by atoms with Crippen LogP contribution < -0.4 is 5.32 Å². The smallest absolute Gasteiger partial charge is 0.246 e. The summed E-state index contributed by atoms with van der Waals surface area (Å²) in [6.07, 6.45) is 2.69. The van der Waals surface area contributed by atoms with Gasteiger partial charge in [0.05, 0.1) is 6.54 Å². The fourth-order valence-electron chi connectivity index (χ4n) is 1.82. The number of hydrogen-bond donors (Lipinski definition) is 1. The summed E-state index contributed by atoms with van der Waals surface area (Å²) in [6.45, 7) is 2.23. The van der Waals surface area contributed by atoms with E-state index >= 15 is 0 Å². The Morgan fingerprint density at radius 1 is 1.59 bits per heavy atom. The molecule has 2 rings (SSSR count). The van der Waals surface area contributed by atoms with Crippen molar-refractivity contribution < 1.29 is 14.1 Å². The van der Waals surface area contributed by atoms with Crippen LogP contribution in [-0.4, -0.2) is 39.4 Å². The standard InChI is InChI=1S/C10H14N4O3/c1-2-3-7-10(16)14(5-9(15)12-7)4-8-11-6-17-13-8/h6-7H,2-5H2,1H3,(H,12,15). The summed E-state index contributed by atoms with van der Waals surface area (Å²) in [5, 5.41) is 6.31. The number of rotatable bonds is 4. The zero-order chi connectivity index (χ0) is 12.3. The van der Waals surface area contributed by atoms with E-state index in [1.54, 1.807) is 0 Å². The van der Waals surface area contributed by atoms with Crippen molar-refractivity contribution >= 4 is 11.8 Å². The Labute approximate surface area is 98.2 Å². The van der Waals surface area contributed by atoms with Crippen molar-refractivity contribution in [3.8, 4) is 0 Å². The Hall–Kier alpha value is -1.92. The molecule has 1 atom stereocenters. The van der Waals surface area contributed by atoms with Crippen LogP contribution >= 0.6 is 0 Å². The van der Waals surface area contributed by atoms with Crippen LogP contribution in [0, 0.1) is 0 Å². The third kappa shape index (κ3) is 2.61. The molecule has 92 valence electrons. The number of nitrogens with one attached hydrogen (secondary N) is 1. The highest BCUT2D eigenvalue weighted by atomic mass is 16.5.